The lowest BCUT2D eigenvalue weighted by atomic mass is 10.2. The second kappa shape index (κ2) is 8.10. The number of ether oxygens (including phenoxy) is 2. The molecule has 0 radical (unpaired) electrons. The van der Waals surface area contributed by atoms with Crippen molar-refractivity contribution in [1.29, 1.82) is 0 Å². The van der Waals surface area contributed by atoms with E-state index in [2.05, 4.69) is 10.6 Å². The predicted molar refractivity (Wildman–Crippen MR) is 92.2 cm³/mol. The quantitative estimate of drug-likeness (QED) is 0.864. The van der Waals surface area contributed by atoms with Crippen molar-refractivity contribution in [3.8, 4) is 11.5 Å². The number of rotatable bonds is 5. The Morgan fingerprint density at radius 3 is 2.57 bits per heavy atom. The average Bonchev–Trinajstić information content (AvgIpc) is 2.55. The van der Waals surface area contributed by atoms with Crippen molar-refractivity contribution in [3.05, 3.63) is 59.3 Å². The van der Waals surface area contributed by atoms with Gasteiger partial charge >= 0.3 is 6.03 Å². The van der Waals surface area contributed by atoms with Crippen LogP contribution in [0.5, 0.6) is 11.5 Å². The first-order valence-electron chi connectivity index (χ1n) is 6.84. The minimum absolute atomic E-state index is 0.406. The number of carbonyl (C=O) groups excluding carboxylic acids is 1. The molecule has 23 heavy (non-hydrogen) atoms. The Morgan fingerprint density at radius 2 is 1.83 bits per heavy atom. The van der Waals surface area contributed by atoms with Gasteiger partial charge in [0.05, 0.1) is 19.9 Å². The highest BCUT2D eigenvalue weighted by atomic mass is 35.5. The van der Waals surface area contributed by atoms with E-state index >= 15 is 0 Å². The van der Waals surface area contributed by atoms with Crippen LogP contribution in [0.15, 0.2) is 48.7 Å². The molecule has 0 aromatic heterocycles. The van der Waals surface area contributed by atoms with Crippen LogP contribution in [0.3, 0.4) is 0 Å². The fourth-order valence-corrected chi connectivity index (χ4v) is 2.12. The smallest absolute Gasteiger partial charge is 0.323 e. The minimum Gasteiger partial charge on any atom is -0.496 e. The molecule has 0 fully saturated rings. The number of urea groups is 1. The topological polar surface area (TPSA) is 59.6 Å². The maximum absolute atomic E-state index is 11.9. The Labute approximate surface area is 139 Å². The molecule has 120 valence electrons. The molecule has 0 aliphatic rings. The largest absolute Gasteiger partial charge is 0.496 e. The Bertz CT molecular complexity index is 717. The number of amides is 2. The third-order valence-corrected chi connectivity index (χ3v) is 3.26. The summed E-state index contributed by atoms with van der Waals surface area (Å²) in [7, 11) is 3.12. The Morgan fingerprint density at radius 1 is 1.09 bits per heavy atom. The molecule has 0 bridgehead atoms. The number of nitrogens with one attached hydrogen (secondary N) is 2. The summed E-state index contributed by atoms with van der Waals surface area (Å²) in [4.78, 5) is 11.9. The number of benzene rings is 2. The summed E-state index contributed by atoms with van der Waals surface area (Å²) in [5.74, 6) is 1.25. The van der Waals surface area contributed by atoms with Crippen molar-refractivity contribution in [2.75, 3.05) is 19.5 Å². The van der Waals surface area contributed by atoms with E-state index in [1.54, 1.807) is 31.4 Å². The van der Waals surface area contributed by atoms with Crippen LogP contribution in [0.25, 0.3) is 6.08 Å². The van der Waals surface area contributed by atoms with Crippen LogP contribution in [0.4, 0.5) is 10.5 Å². The number of halogens is 1. The number of hydrogen-bond acceptors (Lipinski definition) is 3. The monoisotopic (exact) mass is 332 g/mol. The fraction of sp³-hybridized carbons (Fsp3) is 0.118. The maximum Gasteiger partial charge on any atom is 0.323 e. The normalized spacial score (nSPS) is 10.4. The van der Waals surface area contributed by atoms with E-state index in [4.69, 9.17) is 21.1 Å². The molecule has 2 aromatic carbocycles. The van der Waals surface area contributed by atoms with Gasteiger partial charge in [0.25, 0.3) is 0 Å². The predicted octanol–water partition coefficient (Wildman–Crippen LogP) is 4.15. The average molecular weight is 333 g/mol. The third kappa shape index (κ3) is 4.66. The number of methoxy groups -OCH3 is 2. The van der Waals surface area contributed by atoms with E-state index in [0.717, 1.165) is 11.3 Å². The van der Waals surface area contributed by atoms with Gasteiger partial charge in [-0.25, -0.2) is 4.79 Å². The molecule has 2 rings (SSSR count). The van der Waals surface area contributed by atoms with Gasteiger partial charge < -0.3 is 20.1 Å². The second-order valence-electron chi connectivity index (χ2n) is 4.52. The summed E-state index contributed by atoms with van der Waals surface area (Å²) >= 11 is 5.92. The molecule has 0 unspecified atom stereocenters. The highest BCUT2D eigenvalue weighted by Gasteiger charge is 2.07. The zero-order chi connectivity index (χ0) is 16.7. The van der Waals surface area contributed by atoms with Gasteiger partial charge in [0.2, 0.25) is 0 Å². The van der Waals surface area contributed by atoms with Gasteiger partial charge in [-0.3, -0.25) is 0 Å². The molecule has 2 amide bonds. The van der Waals surface area contributed by atoms with E-state index in [1.165, 1.54) is 13.3 Å². The summed E-state index contributed by atoms with van der Waals surface area (Å²) in [5.41, 5.74) is 1.35. The van der Waals surface area contributed by atoms with E-state index in [0.29, 0.717) is 16.5 Å². The molecule has 0 spiro atoms. The summed E-state index contributed by atoms with van der Waals surface area (Å²) < 4.78 is 10.4. The van der Waals surface area contributed by atoms with Crippen molar-refractivity contribution >= 4 is 29.4 Å². The van der Waals surface area contributed by atoms with Gasteiger partial charge in [0.1, 0.15) is 11.5 Å². The van der Waals surface area contributed by atoms with Crippen molar-refractivity contribution in [2.24, 2.45) is 0 Å². The number of para-hydroxylation sites is 1. The zero-order valence-corrected chi connectivity index (χ0v) is 13.6. The van der Waals surface area contributed by atoms with Crippen molar-refractivity contribution in [1.82, 2.24) is 5.32 Å². The maximum atomic E-state index is 11.9. The Kier molecular flexibility index (Phi) is 5.88. The second-order valence-corrected chi connectivity index (χ2v) is 4.95. The van der Waals surface area contributed by atoms with Gasteiger partial charge in [-0.2, -0.15) is 0 Å². The fourth-order valence-electron chi connectivity index (χ4n) is 1.95. The van der Waals surface area contributed by atoms with Crippen LogP contribution < -0.4 is 20.1 Å². The Balaban J connectivity index is 2.00. The van der Waals surface area contributed by atoms with E-state index in [1.807, 2.05) is 24.3 Å². The molecule has 2 N–H and O–H groups in total. The lowest BCUT2D eigenvalue weighted by Gasteiger charge is -2.10. The third-order valence-electron chi connectivity index (χ3n) is 3.03. The van der Waals surface area contributed by atoms with E-state index < -0.39 is 6.03 Å². The van der Waals surface area contributed by atoms with Gasteiger partial charge in [-0.1, -0.05) is 29.8 Å². The molecule has 0 atom stereocenters. The summed E-state index contributed by atoms with van der Waals surface area (Å²) in [6.45, 7) is 0. The Hall–Kier alpha value is -2.66. The molecular weight excluding hydrogens is 316 g/mol. The van der Waals surface area contributed by atoms with Gasteiger partial charge in [-0.15, -0.1) is 0 Å². The summed E-state index contributed by atoms with van der Waals surface area (Å²) in [6, 6.07) is 12.1. The van der Waals surface area contributed by atoms with Gasteiger partial charge in [-0.05, 0) is 30.3 Å². The van der Waals surface area contributed by atoms with Crippen LogP contribution >= 0.6 is 11.6 Å². The van der Waals surface area contributed by atoms with Crippen LogP contribution in [0, 0.1) is 0 Å². The molecule has 0 heterocycles. The molecule has 5 nitrogen and oxygen atoms in total. The highest BCUT2D eigenvalue weighted by Crippen LogP contribution is 2.27. The first kappa shape index (κ1) is 16.7. The summed E-state index contributed by atoms with van der Waals surface area (Å²) in [5, 5.41) is 5.80. The highest BCUT2D eigenvalue weighted by molar-refractivity contribution is 6.31. The molecule has 6 heteroatoms. The standard InChI is InChI=1S/C17H17ClN2O3/c1-22-15-6-4-3-5-12(15)9-10-19-17(21)20-14-11-13(18)7-8-16(14)23-2/h3-11H,1-2H3,(H2,19,20,21)/b10-9+. The zero-order valence-electron chi connectivity index (χ0n) is 12.8. The van der Waals surface area contributed by atoms with Crippen LogP contribution in [0.1, 0.15) is 5.56 Å². The molecule has 2 aromatic rings. The first-order valence-corrected chi connectivity index (χ1v) is 7.22. The van der Waals surface area contributed by atoms with Crippen LogP contribution in [0.2, 0.25) is 5.02 Å². The van der Waals surface area contributed by atoms with E-state index in [-0.39, 0.29) is 0 Å². The molecule has 0 saturated carbocycles. The van der Waals surface area contributed by atoms with Gasteiger partial charge in [0, 0.05) is 16.8 Å². The molecular formula is C17H17ClN2O3. The van der Waals surface area contributed by atoms with Crippen LogP contribution in [-0.2, 0) is 0 Å². The minimum atomic E-state index is -0.406. The van der Waals surface area contributed by atoms with Gasteiger partial charge in [0.15, 0.2) is 0 Å². The van der Waals surface area contributed by atoms with Crippen molar-refractivity contribution in [3.63, 3.8) is 0 Å². The summed E-state index contributed by atoms with van der Waals surface area (Å²) in [6.07, 6.45) is 3.28. The van der Waals surface area contributed by atoms with Crippen molar-refractivity contribution in [2.45, 2.75) is 0 Å². The molecule has 0 aliphatic heterocycles. The van der Waals surface area contributed by atoms with Crippen LogP contribution in [-0.4, -0.2) is 20.3 Å². The number of hydrogen-bond donors (Lipinski definition) is 2. The molecule has 0 aliphatic carbocycles. The number of anilines is 1. The van der Waals surface area contributed by atoms with Crippen molar-refractivity contribution < 1.29 is 14.3 Å². The number of carbonyl (C=O) groups is 1. The molecule has 0 saturated heterocycles. The lowest BCUT2D eigenvalue weighted by molar-refractivity contribution is 0.255. The lowest BCUT2D eigenvalue weighted by Crippen LogP contribution is -2.24. The first-order chi connectivity index (χ1) is 11.1. The SMILES string of the molecule is COc1ccccc1/C=C/NC(=O)Nc1cc(Cl)ccc1OC. The van der Waals surface area contributed by atoms with E-state index in [9.17, 15) is 4.79 Å².